The van der Waals surface area contributed by atoms with E-state index in [2.05, 4.69) is 0 Å². The van der Waals surface area contributed by atoms with Crippen molar-refractivity contribution in [1.29, 1.82) is 0 Å². The number of carbonyl (C=O) groups is 1. The highest BCUT2D eigenvalue weighted by Crippen LogP contribution is 2.31. The summed E-state index contributed by atoms with van der Waals surface area (Å²) in [5, 5.41) is 10.4. The van der Waals surface area contributed by atoms with Crippen LogP contribution in [0.4, 0.5) is 5.69 Å². The second-order valence-corrected chi connectivity index (χ2v) is 4.63. The molecule has 16 heavy (non-hydrogen) atoms. The number of hydrogen-bond acceptors (Lipinski definition) is 2. The normalized spacial score (nSPS) is 21.3. The molecule has 0 saturated carbocycles. The fourth-order valence-corrected chi connectivity index (χ4v) is 2.15. The molecule has 2 rings (SSSR count). The van der Waals surface area contributed by atoms with Crippen molar-refractivity contribution >= 4 is 34.8 Å². The van der Waals surface area contributed by atoms with Gasteiger partial charge in [0, 0.05) is 11.6 Å². The first-order chi connectivity index (χ1) is 7.58. The van der Waals surface area contributed by atoms with Gasteiger partial charge in [-0.15, -0.1) is 0 Å². The van der Waals surface area contributed by atoms with Crippen molar-refractivity contribution in [1.82, 2.24) is 0 Å². The summed E-state index contributed by atoms with van der Waals surface area (Å²) in [4.78, 5) is 13.3. The molecular formula is C11H11Cl2NO2. The number of anilines is 1. The smallest absolute Gasteiger partial charge is 0.229 e. The number of aliphatic hydroxyl groups is 1. The lowest BCUT2D eigenvalue weighted by molar-refractivity contribution is -0.122. The van der Waals surface area contributed by atoms with Crippen LogP contribution in [-0.2, 0) is 4.79 Å². The van der Waals surface area contributed by atoms with Crippen LogP contribution in [0.5, 0.6) is 0 Å². The van der Waals surface area contributed by atoms with Crippen LogP contribution in [0.3, 0.4) is 0 Å². The van der Waals surface area contributed by atoms with Crippen LogP contribution in [0.1, 0.15) is 12.8 Å². The second-order valence-electron chi connectivity index (χ2n) is 3.79. The first-order valence-corrected chi connectivity index (χ1v) is 5.77. The van der Waals surface area contributed by atoms with Gasteiger partial charge < -0.3 is 10.0 Å². The Hall–Kier alpha value is -0.770. The maximum absolute atomic E-state index is 11.7. The molecule has 0 radical (unpaired) electrons. The average molecular weight is 260 g/mol. The SMILES string of the molecule is O=C1CC(O)CCN1c1cc(Cl)ccc1Cl. The molecule has 0 bridgehead atoms. The molecule has 1 amide bonds. The van der Waals surface area contributed by atoms with Crippen molar-refractivity contribution in [2.24, 2.45) is 0 Å². The minimum absolute atomic E-state index is 0.122. The topological polar surface area (TPSA) is 40.5 Å². The van der Waals surface area contributed by atoms with E-state index in [1.54, 1.807) is 23.1 Å². The van der Waals surface area contributed by atoms with E-state index in [0.29, 0.717) is 28.7 Å². The lowest BCUT2D eigenvalue weighted by atomic mass is 10.1. The van der Waals surface area contributed by atoms with Crippen LogP contribution in [-0.4, -0.2) is 23.7 Å². The largest absolute Gasteiger partial charge is 0.393 e. The fourth-order valence-electron chi connectivity index (χ4n) is 1.76. The highest BCUT2D eigenvalue weighted by atomic mass is 35.5. The zero-order valence-electron chi connectivity index (χ0n) is 8.49. The Morgan fingerprint density at radius 1 is 1.38 bits per heavy atom. The predicted octanol–water partition coefficient (Wildman–Crippen LogP) is 2.48. The number of amides is 1. The van der Waals surface area contributed by atoms with E-state index in [4.69, 9.17) is 23.2 Å². The zero-order chi connectivity index (χ0) is 11.7. The van der Waals surface area contributed by atoms with Crippen LogP contribution in [0.15, 0.2) is 18.2 Å². The Bertz CT molecular complexity index is 422. The third-order valence-electron chi connectivity index (χ3n) is 2.60. The van der Waals surface area contributed by atoms with Crippen LogP contribution in [0.25, 0.3) is 0 Å². The molecule has 86 valence electrons. The monoisotopic (exact) mass is 259 g/mol. The molecule has 1 aliphatic heterocycles. The van der Waals surface area contributed by atoms with Gasteiger partial charge in [-0.2, -0.15) is 0 Å². The number of benzene rings is 1. The molecule has 1 fully saturated rings. The highest BCUT2D eigenvalue weighted by molar-refractivity contribution is 6.35. The second kappa shape index (κ2) is 4.62. The van der Waals surface area contributed by atoms with Gasteiger partial charge >= 0.3 is 0 Å². The van der Waals surface area contributed by atoms with Crippen molar-refractivity contribution in [3.05, 3.63) is 28.2 Å². The Morgan fingerprint density at radius 2 is 2.12 bits per heavy atom. The molecule has 1 atom stereocenters. The summed E-state index contributed by atoms with van der Waals surface area (Å²) in [6.07, 6.45) is 0.166. The van der Waals surface area contributed by atoms with Crippen LogP contribution >= 0.6 is 23.2 Å². The van der Waals surface area contributed by atoms with Crippen molar-refractivity contribution in [3.63, 3.8) is 0 Å². The van der Waals surface area contributed by atoms with E-state index < -0.39 is 6.10 Å². The molecule has 0 aliphatic carbocycles. The number of nitrogens with zero attached hydrogens (tertiary/aromatic N) is 1. The summed E-state index contributed by atoms with van der Waals surface area (Å²) in [5.74, 6) is -0.122. The number of rotatable bonds is 1. The van der Waals surface area contributed by atoms with Crippen LogP contribution < -0.4 is 4.90 Å². The molecular weight excluding hydrogens is 249 g/mol. The van der Waals surface area contributed by atoms with Crippen molar-refractivity contribution < 1.29 is 9.90 Å². The quantitative estimate of drug-likeness (QED) is 0.842. The molecule has 1 aliphatic rings. The minimum Gasteiger partial charge on any atom is -0.393 e. The van der Waals surface area contributed by atoms with E-state index in [1.807, 2.05) is 0 Å². The number of carbonyl (C=O) groups excluding carboxylic acids is 1. The molecule has 0 aromatic heterocycles. The van der Waals surface area contributed by atoms with Gasteiger partial charge in [-0.1, -0.05) is 23.2 Å². The number of piperidine rings is 1. The molecule has 1 N–H and O–H groups in total. The molecule has 0 spiro atoms. The Kier molecular flexibility index (Phi) is 3.38. The third-order valence-corrected chi connectivity index (χ3v) is 3.15. The summed E-state index contributed by atoms with van der Waals surface area (Å²) < 4.78 is 0. The van der Waals surface area contributed by atoms with Crippen LogP contribution in [0, 0.1) is 0 Å². The Balaban J connectivity index is 2.30. The van der Waals surface area contributed by atoms with Gasteiger partial charge in [0.1, 0.15) is 0 Å². The lowest BCUT2D eigenvalue weighted by Crippen LogP contribution is -2.40. The van der Waals surface area contributed by atoms with Crippen molar-refractivity contribution in [2.45, 2.75) is 18.9 Å². The molecule has 5 heteroatoms. The van der Waals surface area contributed by atoms with Gasteiger partial charge in [0.2, 0.25) is 5.91 Å². The predicted molar refractivity (Wildman–Crippen MR) is 64.1 cm³/mol. The molecule has 3 nitrogen and oxygen atoms in total. The third kappa shape index (κ3) is 2.32. The first kappa shape index (κ1) is 11.7. The van der Waals surface area contributed by atoms with Gasteiger partial charge in [0.25, 0.3) is 0 Å². The van der Waals surface area contributed by atoms with E-state index in [-0.39, 0.29) is 12.3 Å². The number of hydrogen-bond donors (Lipinski definition) is 1. The maximum Gasteiger partial charge on any atom is 0.229 e. The van der Waals surface area contributed by atoms with Gasteiger partial charge in [-0.3, -0.25) is 4.79 Å². The summed E-state index contributed by atoms with van der Waals surface area (Å²) >= 11 is 11.9. The van der Waals surface area contributed by atoms with E-state index in [1.165, 1.54) is 0 Å². The Labute approximate surface area is 104 Å². The summed E-state index contributed by atoms with van der Waals surface area (Å²) in [6, 6.07) is 5.01. The summed E-state index contributed by atoms with van der Waals surface area (Å²) in [6.45, 7) is 0.472. The minimum atomic E-state index is -0.540. The lowest BCUT2D eigenvalue weighted by Gasteiger charge is -2.30. The molecule has 1 aromatic carbocycles. The van der Waals surface area contributed by atoms with Crippen molar-refractivity contribution in [3.8, 4) is 0 Å². The summed E-state index contributed by atoms with van der Waals surface area (Å²) in [7, 11) is 0. The maximum atomic E-state index is 11.7. The Morgan fingerprint density at radius 3 is 2.81 bits per heavy atom. The standard InChI is InChI=1S/C11H11Cl2NO2/c12-7-1-2-9(13)10(5-7)14-4-3-8(15)6-11(14)16/h1-2,5,8,15H,3-4,6H2. The molecule has 1 aromatic rings. The average Bonchev–Trinajstić information content (AvgIpc) is 2.22. The van der Waals surface area contributed by atoms with Crippen LogP contribution in [0.2, 0.25) is 10.0 Å². The van der Waals surface area contributed by atoms with E-state index >= 15 is 0 Å². The van der Waals surface area contributed by atoms with Gasteiger partial charge in [0.05, 0.1) is 23.2 Å². The van der Waals surface area contributed by atoms with E-state index in [0.717, 1.165) is 0 Å². The first-order valence-electron chi connectivity index (χ1n) is 5.01. The number of aliphatic hydroxyl groups excluding tert-OH is 1. The van der Waals surface area contributed by atoms with E-state index in [9.17, 15) is 9.90 Å². The molecule has 1 saturated heterocycles. The molecule has 1 unspecified atom stereocenters. The van der Waals surface area contributed by atoms with Gasteiger partial charge in [-0.25, -0.2) is 0 Å². The molecule has 1 heterocycles. The van der Waals surface area contributed by atoms with Gasteiger partial charge in [-0.05, 0) is 24.6 Å². The summed E-state index contributed by atoms with van der Waals surface area (Å²) in [5.41, 5.74) is 0.617. The fraction of sp³-hybridized carbons (Fsp3) is 0.364. The number of halogens is 2. The van der Waals surface area contributed by atoms with Crippen molar-refractivity contribution in [2.75, 3.05) is 11.4 Å². The van der Waals surface area contributed by atoms with Gasteiger partial charge in [0.15, 0.2) is 0 Å². The highest BCUT2D eigenvalue weighted by Gasteiger charge is 2.26. The zero-order valence-corrected chi connectivity index (χ0v) is 10.0.